The van der Waals surface area contributed by atoms with E-state index in [-0.39, 0.29) is 28.8 Å². The second kappa shape index (κ2) is 8.03. The van der Waals surface area contributed by atoms with Crippen molar-refractivity contribution >= 4 is 29.2 Å². The molecule has 2 rings (SSSR count). The number of hydrogen-bond donors (Lipinski definition) is 2. The molecule has 2 aromatic rings. The fourth-order valence-electron chi connectivity index (χ4n) is 2.33. The summed E-state index contributed by atoms with van der Waals surface area (Å²) >= 11 is 6.00. The number of halogens is 1. The Morgan fingerprint density at radius 3 is 2.56 bits per heavy atom. The highest BCUT2D eigenvalue weighted by molar-refractivity contribution is 6.33. The summed E-state index contributed by atoms with van der Waals surface area (Å²) in [6.45, 7) is 5.86. The van der Waals surface area contributed by atoms with Crippen LogP contribution in [0.5, 0.6) is 5.75 Å². The van der Waals surface area contributed by atoms with E-state index in [1.54, 1.807) is 0 Å². The van der Waals surface area contributed by atoms with Crippen molar-refractivity contribution in [2.75, 3.05) is 11.9 Å². The van der Waals surface area contributed by atoms with Crippen LogP contribution < -0.4 is 10.1 Å². The predicted molar refractivity (Wildman–Crippen MR) is 97.8 cm³/mol. The molecule has 25 heavy (non-hydrogen) atoms. The van der Waals surface area contributed by atoms with Crippen LogP contribution >= 0.6 is 11.6 Å². The summed E-state index contributed by atoms with van der Waals surface area (Å²) in [5.74, 6) is -0.582. The van der Waals surface area contributed by atoms with Gasteiger partial charge in [-0.3, -0.25) is 4.79 Å². The van der Waals surface area contributed by atoms with Crippen molar-refractivity contribution in [3.8, 4) is 5.75 Å². The van der Waals surface area contributed by atoms with Gasteiger partial charge in [-0.05, 0) is 48.2 Å². The average molecular weight is 362 g/mol. The van der Waals surface area contributed by atoms with Gasteiger partial charge in [0.2, 0.25) is 0 Å². The Balaban J connectivity index is 2.08. The second-order valence-corrected chi connectivity index (χ2v) is 6.44. The van der Waals surface area contributed by atoms with Gasteiger partial charge in [0.05, 0.1) is 16.3 Å². The van der Waals surface area contributed by atoms with Crippen molar-refractivity contribution in [3.05, 3.63) is 58.1 Å². The molecule has 2 N–H and O–H groups in total. The lowest BCUT2D eigenvalue weighted by Crippen LogP contribution is -2.21. The Labute approximate surface area is 151 Å². The third kappa shape index (κ3) is 4.97. The highest BCUT2D eigenvalue weighted by Gasteiger charge is 2.13. The van der Waals surface area contributed by atoms with Crippen LogP contribution in [0.3, 0.4) is 0 Å². The summed E-state index contributed by atoms with van der Waals surface area (Å²) in [6.07, 6.45) is 0. The number of amides is 1. The standard InChI is InChI=1S/C19H20ClNO4/c1-11(2)14-6-4-12(3)8-17(14)25-10-18(22)21-16-9-13(19(23)24)5-7-15(16)20/h4-9,11H,10H2,1-3H3,(H,21,22)(H,23,24). The van der Waals surface area contributed by atoms with Crippen molar-refractivity contribution in [1.82, 2.24) is 0 Å². The first-order valence-electron chi connectivity index (χ1n) is 7.84. The summed E-state index contributed by atoms with van der Waals surface area (Å²) < 4.78 is 5.66. The van der Waals surface area contributed by atoms with Crippen LogP contribution in [0.2, 0.25) is 5.02 Å². The normalized spacial score (nSPS) is 10.6. The molecule has 0 unspecified atom stereocenters. The van der Waals surface area contributed by atoms with E-state index in [0.29, 0.717) is 5.75 Å². The highest BCUT2D eigenvalue weighted by atomic mass is 35.5. The topological polar surface area (TPSA) is 75.6 Å². The minimum absolute atomic E-state index is 0.0430. The summed E-state index contributed by atoms with van der Waals surface area (Å²) in [6, 6.07) is 9.99. The molecule has 0 aliphatic heterocycles. The first kappa shape index (κ1) is 18.8. The third-order valence-corrected chi connectivity index (χ3v) is 3.97. The lowest BCUT2D eigenvalue weighted by molar-refractivity contribution is -0.118. The highest BCUT2D eigenvalue weighted by Crippen LogP contribution is 2.28. The van der Waals surface area contributed by atoms with Crippen molar-refractivity contribution in [3.63, 3.8) is 0 Å². The number of anilines is 1. The van der Waals surface area contributed by atoms with Crippen LogP contribution in [0.4, 0.5) is 5.69 Å². The van der Waals surface area contributed by atoms with Gasteiger partial charge in [-0.1, -0.05) is 37.6 Å². The first-order chi connectivity index (χ1) is 11.8. The molecular formula is C19H20ClNO4. The third-order valence-electron chi connectivity index (χ3n) is 3.64. The van der Waals surface area contributed by atoms with E-state index in [2.05, 4.69) is 19.2 Å². The number of carboxylic acid groups (broad SMARTS) is 1. The Kier molecular flexibility index (Phi) is 6.04. The molecule has 0 aromatic heterocycles. The number of benzene rings is 2. The van der Waals surface area contributed by atoms with Crippen LogP contribution in [-0.2, 0) is 4.79 Å². The first-order valence-corrected chi connectivity index (χ1v) is 8.21. The van der Waals surface area contributed by atoms with Crippen molar-refractivity contribution in [2.24, 2.45) is 0 Å². The SMILES string of the molecule is Cc1ccc(C(C)C)c(OCC(=O)Nc2cc(C(=O)O)ccc2Cl)c1. The number of carboxylic acids is 1. The van der Waals surface area contributed by atoms with E-state index in [4.69, 9.17) is 21.4 Å². The van der Waals surface area contributed by atoms with Gasteiger partial charge < -0.3 is 15.2 Å². The van der Waals surface area contributed by atoms with Gasteiger partial charge in [0, 0.05) is 0 Å². The molecule has 132 valence electrons. The number of carbonyl (C=O) groups excluding carboxylic acids is 1. The zero-order valence-electron chi connectivity index (χ0n) is 14.3. The van der Waals surface area contributed by atoms with Crippen LogP contribution in [0, 0.1) is 6.92 Å². The maximum atomic E-state index is 12.1. The van der Waals surface area contributed by atoms with E-state index in [0.717, 1.165) is 11.1 Å². The molecule has 1 amide bonds. The molecule has 0 spiro atoms. The molecule has 0 saturated carbocycles. The van der Waals surface area contributed by atoms with E-state index < -0.39 is 11.9 Å². The fourth-order valence-corrected chi connectivity index (χ4v) is 2.49. The van der Waals surface area contributed by atoms with Crippen LogP contribution in [-0.4, -0.2) is 23.6 Å². The van der Waals surface area contributed by atoms with Crippen molar-refractivity contribution in [1.29, 1.82) is 0 Å². The van der Waals surface area contributed by atoms with Crippen molar-refractivity contribution < 1.29 is 19.4 Å². The summed E-state index contributed by atoms with van der Waals surface area (Å²) in [5.41, 5.74) is 2.34. The molecule has 0 aliphatic rings. The largest absolute Gasteiger partial charge is 0.483 e. The molecule has 6 heteroatoms. The van der Waals surface area contributed by atoms with Gasteiger partial charge in [0.15, 0.2) is 6.61 Å². The summed E-state index contributed by atoms with van der Waals surface area (Å²) in [7, 11) is 0. The Morgan fingerprint density at radius 1 is 1.20 bits per heavy atom. The van der Waals surface area contributed by atoms with Gasteiger partial charge in [-0.2, -0.15) is 0 Å². The average Bonchev–Trinajstić information content (AvgIpc) is 2.54. The summed E-state index contributed by atoms with van der Waals surface area (Å²) in [4.78, 5) is 23.2. The number of aromatic carboxylic acids is 1. The lowest BCUT2D eigenvalue weighted by Gasteiger charge is -2.15. The van der Waals surface area contributed by atoms with Gasteiger partial charge in [0.1, 0.15) is 5.75 Å². The Bertz CT molecular complexity index is 802. The van der Waals surface area contributed by atoms with Gasteiger partial charge in [-0.15, -0.1) is 0 Å². The molecule has 0 saturated heterocycles. The maximum absolute atomic E-state index is 12.1. The molecule has 0 fully saturated rings. The molecule has 0 heterocycles. The fraction of sp³-hybridized carbons (Fsp3) is 0.263. The monoisotopic (exact) mass is 361 g/mol. The number of hydrogen-bond acceptors (Lipinski definition) is 3. The predicted octanol–water partition coefficient (Wildman–Crippen LogP) is 4.49. The van der Waals surface area contributed by atoms with Gasteiger partial charge in [0.25, 0.3) is 5.91 Å². The van der Waals surface area contributed by atoms with E-state index in [1.807, 2.05) is 25.1 Å². The zero-order valence-corrected chi connectivity index (χ0v) is 15.1. The molecular weight excluding hydrogens is 342 g/mol. The van der Waals surface area contributed by atoms with Crippen molar-refractivity contribution in [2.45, 2.75) is 26.7 Å². The molecule has 0 bridgehead atoms. The second-order valence-electron chi connectivity index (χ2n) is 6.03. The molecule has 0 atom stereocenters. The van der Waals surface area contributed by atoms with Crippen LogP contribution in [0.25, 0.3) is 0 Å². The van der Waals surface area contributed by atoms with Gasteiger partial charge in [-0.25, -0.2) is 4.79 Å². The number of ether oxygens (including phenoxy) is 1. The summed E-state index contributed by atoms with van der Waals surface area (Å²) in [5, 5.41) is 11.9. The molecule has 2 aromatic carbocycles. The molecule has 0 radical (unpaired) electrons. The minimum atomic E-state index is -1.09. The molecule has 0 aliphatic carbocycles. The zero-order chi connectivity index (χ0) is 18.6. The lowest BCUT2D eigenvalue weighted by atomic mass is 10.0. The number of aryl methyl sites for hydroxylation is 1. The van der Waals surface area contributed by atoms with E-state index >= 15 is 0 Å². The maximum Gasteiger partial charge on any atom is 0.335 e. The van der Waals surface area contributed by atoms with Crippen LogP contribution in [0.15, 0.2) is 36.4 Å². The van der Waals surface area contributed by atoms with Gasteiger partial charge >= 0.3 is 5.97 Å². The Hall–Kier alpha value is -2.53. The van der Waals surface area contributed by atoms with E-state index in [9.17, 15) is 9.59 Å². The molecule has 5 nitrogen and oxygen atoms in total. The quantitative estimate of drug-likeness (QED) is 0.795. The van der Waals surface area contributed by atoms with E-state index in [1.165, 1.54) is 18.2 Å². The smallest absolute Gasteiger partial charge is 0.335 e. The minimum Gasteiger partial charge on any atom is -0.483 e. The Morgan fingerprint density at radius 2 is 1.92 bits per heavy atom. The number of rotatable bonds is 6. The number of carbonyl (C=O) groups is 2. The number of nitrogens with one attached hydrogen (secondary N) is 1. The van der Waals surface area contributed by atoms with Crippen LogP contribution in [0.1, 0.15) is 41.3 Å².